The zero-order valence-corrected chi connectivity index (χ0v) is 10.3. The summed E-state index contributed by atoms with van der Waals surface area (Å²) in [7, 11) is 0. The molecule has 0 aromatic heterocycles. The summed E-state index contributed by atoms with van der Waals surface area (Å²) < 4.78 is 0. The Hall–Kier alpha value is -0.730. The number of phenolic OH excluding ortho intramolecular Hbond substituents is 1. The van der Waals surface area contributed by atoms with Gasteiger partial charge in [0.25, 0.3) is 0 Å². The Morgan fingerprint density at radius 2 is 2.00 bits per heavy atom. The average molecular weight is 240 g/mol. The highest BCUT2D eigenvalue weighted by atomic mass is 35.5. The van der Waals surface area contributed by atoms with Crippen LogP contribution in [0.15, 0.2) is 12.1 Å². The second-order valence-corrected chi connectivity index (χ2v) is 5.25. The van der Waals surface area contributed by atoms with E-state index in [1.165, 1.54) is 12.8 Å². The van der Waals surface area contributed by atoms with E-state index in [2.05, 4.69) is 0 Å². The standard InChI is InChI=1S/C13H18ClNO/c1-9-6-10(14)7-11(12(9)16)13(8-15)4-2-3-5-13/h6-7,16H,2-5,8,15H2,1H3. The van der Waals surface area contributed by atoms with Crippen molar-refractivity contribution in [1.82, 2.24) is 0 Å². The molecule has 1 aromatic rings. The molecule has 88 valence electrons. The van der Waals surface area contributed by atoms with Gasteiger partial charge in [0.2, 0.25) is 0 Å². The van der Waals surface area contributed by atoms with Crippen LogP contribution in [0.4, 0.5) is 0 Å². The second kappa shape index (κ2) is 4.27. The van der Waals surface area contributed by atoms with E-state index in [0.717, 1.165) is 24.0 Å². The molecule has 0 atom stereocenters. The lowest BCUT2D eigenvalue weighted by atomic mass is 9.78. The summed E-state index contributed by atoms with van der Waals surface area (Å²) in [6.45, 7) is 2.46. The van der Waals surface area contributed by atoms with Crippen LogP contribution in [-0.2, 0) is 5.41 Å². The number of nitrogens with two attached hydrogens (primary N) is 1. The topological polar surface area (TPSA) is 46.2 Å². The number of hydrogen-bond donors (Lipinski definition) is 2. The van der Waals surface area contributed by atoms with E-state index in [4.69, 9.17) is 17.3 Å². The molecule has 3 N–H and O–H groups in total. The molecular weight excluding hydrogens is 222 g/mol. The van der Waals surface area contributed by atoms with Gasteiger partial charge in [0, 0.05) is 22.5 Å². The minimum Gasteiger partial charge on any atom is -0.507 e. The van der Waals surface area contributed by atoms with E-state index in [1.807, 2.05) is 13.0 Å². The van der Waals surface area contributed by atoms with E-state index in [1.54, 1.807) is 6.07 Å². The molecule has 0 saturated heterocycles. The molecule has 0 heterocycles. The van der Waals surface area contributed by atoms with Crippen LogP contribution in [0, 0.1) is 6.92 Å². The molecule has 1 aliphatic carbocycles. The zero-order chi connectivity index (χ0) is 11.8. The van der Waals surface area contributed by atoms with Crippen molar-refractivity contribution < 1.29 is 5.11 Å². The van der Waals surface area contributed by atoms with Crippen molar-refractivity contribution in [1.29, 1.82) is 0 Å². The van der Waals surface area contributed by atoms with Gasteiger partial charge in [0.15, 0.2) is 0 Å². The van der Waals surface area contributed by atoms with Gasteiger partial charge in [-0.15, -0.1) is 0 Å². The van der Waals surface area contributed by atoms with Gasteiger partial charge in [0.05, 0.1) is 0 Å². The maximum Gasteiger partial charge on any atom is 0.122 e. The van der Waals surface area contributed by atoms with Gasteiger partial charge in [0.1, 0.15) is 5.75 Å². The third-order valence-electron chi connectivity index (χ3n) is 3.79. The van der Waals surface area contributed by atoms with Gasteiger partial charge in [-0.2, -0.15) is 0 Å². The van der Waals surface area contributed by atoms with Crippen molar-refractivity contribution in [3.63, 3.8) is 0 Å². The number of halogens is 1. The molecule has 0 amide bonds. The Morgan fingerprint density at radius 3 is 2.56 bits per heavy atom. The average Bonchev–Trinajstić information content (AvgIpc) is 2.73. The molecule has 1 aliphatic rings. The highest BCUT2D eigenvalue weighted by molar-refractivity contribution is 6.30. The van der Waals surface area contributed by atoms with Crippen LogP contribution in [0.25, 0.3) is 0 Å². The van der Waals surface area contributed by atoms with Crippen LogP contribution < -0.4 is 5.73 Å². The van der Waals surface area contributed by atoms with Crippen LogP contribution in [0.2, 0.25) is 5.02 Å². The Balaban J connectivity index is 2.53. The summed E-state index contributed by atoms with van der Waals surface area (Å²) in [4.78, 5) is 0. The first-order chi connectivity index (χ1) is 7.59. The molecule has 1 fully saturated rings. The van der Waals surface area contributed by atoms with Crippen LogP contribution in [0.1, 0.15) is 36.8 Å². The molecule has 0 spiro atoms. The van der Waals surface area contributed by atoms with Gasteiger partial charge >= 0.3 is 0 Å². The molecule has 0 bridgehead atoms. The Kier molecular flexibility index (Phi) is 3.13. The maximum absolute atomic E-state index is 10.2. The maximum atomic E-state index is 10.2. The summed E-state index contributed by atoms with van der Waals surface area (Å²) in [5, 5.41) is 10.8. The highest BCUT2D eigenvalue weighted by Crippen LogP contribution is 2.45. The van der Waals surface area contributed by atoms with Crippen molar-refractivity contribution in [2.75, 3.05) is 6.54 Å². The fourth-order valence-corrected chi connectivity index (χ4v) is 3.05. The van der Waals surface area contributed by atoms with Crippen LogP contribution in [0.3, 0.4) is 0 Å². The lowest BCUT2D eigenvalue weighted by molar-refractivity contribution is 0.403. The van der Waals surface area contributed by atoms with Crippen molar-refractivity contribution in [2.45, 2.75) is 38.0 Å². The van der Waals surface area contributed by atoms with E-state index in [9.17, 15) is 5.11 Å². The fourth-order valence-electron chi connectivity index (χ4n) is 2.77. The normalized spacial score (nSPS) is 18.9. The van der Waals surface area contributed by atoms with E-state index >= 15 is 0 Å². The minimum atomic E-state index is -0.0558. The summed E-state index contributed by atoms with van der Waals surface area (Å²) in [5.41, 5.74) is 7.64. The van der Waals surface area contributed by atoms with Gasteiger partial charge in [-0.1, -0.05) is 24.4 Å². The zero-order valence-electron chi connectivity index (χ0n) is 9.59. The summed E-state index contributed by atoms with van der Waals surface area (Å²) in [6.07, 6.45) is 4.47. The monoisotopic (exact) mass is 239 g/mol. The molecule has 1 saturated carbocycles. The molecule has 2 nitrogen and oxygen atoms in total. The fraction of sp³-hybridized carbons (Fsp3) is 0.538. The SMILES string of the molecule is Cc1cc(Cl)cc(C2(CN)CCCC2)c1O. The van der Waals surface area contributed by atoms with Gasteiger partial charge in [-0.3, -0.25) is 0 Å². The van der Waals surface area contributed by atoms with Gasteiger partial charge < -0.3 is 10.8 Å². The number of benzene rings is 1. The predicted molar refractivity (Wildman–Crippen MR) is 67.1 cm³/mol. The molecule has 0 aliphatic heterocycles. The largest absolute Gasteiger partial charge is 0.507 e. The van der Waals surface area contributed by atoms with Crippen molar-refractivity contribution in [3.05, 3.63) is 28.3 Å². The Morgan fingerprint density at radius 1 is 1.38 bits per heavy atom. The summed E-state index contributed by atoms with van der Waals surface area (Å²) >= 11 is 6.07. The van der Waals surface area contributed by atoms with Crippen molar-refractivity contribution in [3.8, 4) is 5.75 Å². The van der Waals surface area contributed by atoms with Gasteiger partial charge in [-0.25, -0.2) is 0 Å². The number of aryl methyl sites for hydroxylation is 1. The van der Waals surface area contributed by atoms with E-state index < -0.39 is 0 Å². The molecule has 3 heteroatoms. The third-order valence-corrected chi connectivity index (χ3v) is 4.01. The van der Waals surface area contributed by atoms with E-state index in [0.29, 0.717) is 17.3 Å². The molecule has 0 radical (unpaired) electrons. The quantitative estimate of drug-likeness (QED) is 0.833. The molecular formula is C13H18ClNO. The molecule has 1 aromatic carbocycles. The Labute approximate surface area is 101 Å². The number of hydrogen-bond acceptors (Lipinski definition) is 2. The van der Waals surface area contributed by atoms with Crippen molar-refractivity contribution in [2.24, 2.45) is 5.73 Å². The second-order valence-electron chi connectivity index (χ2n) is 4.81. The van der Waals surface area contributed by atoms with E-state index in [-0.39, 0.29) is 5.41 Å². The Bertz CT molecular complexity index is 397. The molecule has 16 heavy (non-hydrogen) atoms. The minimum absolute atomic E-state index is 0.0558. The predicted octanol–water partition coefficient (Wildman–Crippen LogP) is 3.12. The van der Waals surface area contributed by atoms with Crippen LogP contribution in [0.5, 0.6) is 5.75 Å². The first-order valence-corrected chi connectivity index (χ1v) is 6.16. The third kappa shape index (κ3) is 1.80. The van der Waals surface area contributed by atoms with Gasteiger partial charge in [-0.05, 0) is 37.5 Å². The lowest BCUT2D eigenvalue weighted by Crippen LogP contribution is -2.32. The first kappa shape index (κ1) is 11.7. The lowest BCUT2D eigenvalue weighted by Gasteiger charge is -2.29. The smallest absolute Gasteiger partial charge is 0.122 e. The van der Waals surface area contributed by atoms with Crippen molar-refractivity contribution >= 4 is 11.6 Å². The summed E-state index contributed by atoms with van der Waals surface area (Å²) in [5.74, 6) is 0.372. The number of rotatable bonds is 2. The van der Waals surface area contributed by atoms with Crippen LogP contribution >= 0.6 is 11.6 Å². The summed E-state index contributed by atoms with van der Waals surface area (Å²) in [6, 6.07) is 3.67. The highest BCUT2D eigenvalue weighted by Gasteiger charge is 2.36. The van der Waals surface area contributed by atoms with Crippen LogP contribution in [-0.4, -0.2) is 11.7 Å². The number of aromatic hydroxyl groups is 1. The first-order valence-electron chi connectivity index (χ1n) is 5.79. The number of phenols is 1. The molecule has 2 rings (SSSR count). The molecule has 0 unspecified atom stereocenters.